The summed E-state index contributed by atoms with van der Waals surface area (Å²) in [6, 6.07) is 0. The second kappa shape index (κ2) is 2.95. The third kappa shape index (κ3) is 1.78. The van der Waals surface area contributed by atoms with Crippen LogP contribution in [0.2, 0.25) is 0 Å². The Morgan fingerprint density at radius 3 is 2.43 bits per heavy atom. The van der Waals surface area contributed by atoms with Gasteiger partial charge in [-0.15, -0.1) is 0 Å². The van der Waals surface area contributed by atoms with Gasteiger partial charge in [0.2, 0.25) is 0 Å². The number of carboxylic acid groups (broad SMARTS) is 1. The fourth-order valence-corrected chi connectivity index (χ4v) is 4.10. The summed E-state index contributed by atoms with van der Waals surface area (Å²) < 4.78 is 22.3. The number of hydrogen-bond donors (Lipinski definition) is 1. The molecule has 2 rings (SSSR count). The van der Waals surface area contributed by atoms with Crippen LogP contribution in [-0.2, 0) is 14.6 Å². The van der Waals surface area contributed by atoms with Gasteiger partial charge in [-0.25, -0.2) is 8.42 Å². The van der Waals surface area contributed by atoms with Gasteiger partial charge in [-0.3, -0.25) is 4.79 Å². The van der Waals surface area contributed by atoms with E-state index < -0.39 is 21.2 Å². The molecule has 80 valence electrons. The van der Waals surface area contributed by atoms with Gasteiger partial charge in [0.25, 0.3) is 0 Å². The van der Waals surface area contributed by atoms with Crippen molar-refractivity contribution in [1.82, 2.24) is 0 Å². The van der Waals surface area contributed by atoms with Crippen molar-refractivity contribution in [3.05, 3.63) is 0 Å². The zero-order chi connectivity index (χ0) is 10.4. The molecule has 2 aliphatic rings. The maximum absolute atomic E-state index is 11.2. The average Bonchev–Trinajstić information content (AvgIpc) is 2.74. The molecule has 14 heavy (non-hydrogen) atoms. The average molecular weight is 218 g/mol. The van der Waals surface area contributed by atoms with E-state index in [0.717, 1.165) is 12.8 Å². The SMILES string of the molecule is O=C(O)C1(CC2CCS(=O)(=O)C2)CC1. The molecule has 4 nitrogen and oxygen atoms in total. The highest BCUT2D eigenvalue weighted by molar-refractivity contribution is 7.91. The van der Waals surface area contributed by atoms with Gasteiger partial charge in [0.05, 0.1) is 16.9 Å². The Morgan fingerprint density at radius 1 is 1.43 bits per heavy atom. The lowest BCUT2D eigenvalue weighted by Gasteiger charge is -2.13. The molecule has 2 fully saturated rings. The van der Waals surface area contributed by atoms with Crippen LogP contribution in [0.1, 0.15) is 25.7 Å². The molecule has 1 aliphatic heterocycles. The van der Waals surface area contributed by atoms with E-state index in [9.17, 15) is 13.2 Å². The van der Waals surface area contributed by atoms with E-state index in [1.807, 2.05) is 0 Å². The first-order chi connectivity index (χ1) is 6.44. The zero-order valence-corrected chi connectivity index (χ0v) is 8.72. The van der Waals surface area contributed by atoms with Crippen LogP contribution < -0.4 is 0 Å². The van der Waals surface area contributed by atoms with Crippen LogP contribution in [0.25, 0.3) is 0 Å². The Morgan fingerprint density at radius 2 is 2.07 bits per heavy atom. The topological polar surface area (TPSA) is 71.4 Å². The Balaban J connectivity index is 1.97. The Kier molecular flexibility index (Phi) is 2.10. The molecular formula is C9H14O4S. The molecule has 1 saturated carbocycles. The van der Waals surface area contributed by atoms with E-state index in [4.69, 9.17) is 5.11 Å². The van der Waals surface area contributed by atoms with E-state index in [2.05, 4.69) is 0 Å². The zero-order valence-electron chi connectivity index (χ0n) is 7.90. The predicted molar refractivity (Wildman–Crippen MR) is 50.7 cm³/mol. The second-order valence-electron chi connectivity index (χ2n) is 4.56. The lowest BCUT2D eigenvalue weighted by atomic mass is 9.92. The van der Waals surface area contributed by atoms with Crippen molar-refractivity contribution in [1.29, 1.82) is 0 Å². The van der Waals surface area contributed by atoms with E-state index in [1.54, 1.807) is 0 Å². The quantitative estimate of drug-likeness (QED) is 0.756. The molecule has 0 aromatic carbocycles. The molecule has 1 aliphatic carbocycles. The van der Waals surface area contributed by atoms with E-state index >= 15 is 0 Å². The van der Waals surface area contributed by atoms with Crippen molar-refractivity contribution in [3.8, 4) is 0 Å². The van der Waals surface area contributed by atoms with E-state index in [1.165, 1.54) is 0 Å². The minimum absolute atomic E-state index is 0.0820. The number of carbonyl (C=O) groups is 1. The van der Waals surface area contributed by atoms with Crippen molar-refractivity contribution in [3.63, 3.8) is 0 Å². The Hall–Kier alpha value is -0.580. The molecule has 1 atom stereocenters. The van der Waals surface area contributed by atoms with Gasteiger partial charge in [-0.05, 0) is 31.6 Å². The first-order valence-corrected chi connectivity index (χ1v) is 6.70. The molecule has 0 bridgehead atoms. The minimum atomic E-state index is -2.86. The van der Waals surface area contributed by atoms with Crippen LogP contribution in [0.4, 0.5) is 0 Å². The second-order valence-corrected chi connectivity index (χ2v) is 6.79. The molecule has 5 heteroatoms. The monoisotopic (exact) mass is 218 g/mol. The highest BCUT2D eigenvalue weighted by atomic mass is 32.2. The number of rotatable bonds is 3. The van der Waals surface area contributed by atoms with Gasteiger partial charge in [0, 0.05) is 0 Å². The summed E-state index contributed by atoms with van der Waals surface area (Å²) in [4.78, 5) is 10.9. The standard InChI is InChI=1S/C9H14O4S/c10-8(11)9(2-3-9)5-7-1-4-14(12,13)6-7/h7H,1-6H2,(H,10,11). The molecular weight excluding hydrogens is 204 g/mol. The van der Waals surface area contributed by atoms with Crippen LogP contribution in [0.3, 0.4) is 0 Å². The first-order valence-electron chi connectivity index (χ1n) is 4.87. The molecule has 0 aromatic rings. The van der Waals surface area contributed by atoms with Gasteiger partial charge < -0.3 is 5.11 Å². The van der Waals surface area contributed by atoms with E-state index in [-0.39, 0.29) is 17.4 Å². The third-order valence-electron chi connectivity index (χ3n) is 3.31. The summed E-state index contributed by atoms with van der Waals surface area (Å²) in [5, 5.41) is 8.94. The molecule has 0 amide bonds. The normalized spacial score (nSPS) is 32.7. The predicted octanol–water partition coefficient (Wildman–Crippen LogP) is 0.676. The van der Waals surface area contributed by atoms with Crippen LogP contribution in [0.5, 0.6) is 0 Å². The Bertz CT molecular complexity index is 353. The number of carboxylic acids is 1. The highest BCUT2D eigenvalue weighted by Crippen LogP contribution is 2.52. The van der Waals surface area contributed by atoms with Crippen LogP contribution >= 0.6 is 0 Å². The molecule has 1 unspecified atom stereocenters. The number of sulfone groups is 1. The van der Waals surface area contributed by atoms with Gasteiger partial charge in [-0.1, -0.05) is 0 Å². The fraction of sp³-hybridized carbons (Fsp3) is 0.889. The summed E-state index contributed by atoms with van der Waals surface area (Å²) in [7, 11) is -2.86. The van der Waals surface area contributed by atoms with Crippen molar-refractivity contribution in [2.24, 2.45) is 11.3 Å². The smallest absolute Gasteiger partial charge is 0.309 e. The first kappa shape index (κ1) is 9.96. The minimum Gasteiger partial charge on any atom is -0.481 e. The number of hydrogen-bond acceptors (Lipinski definition) is 3. The van der Waals surface area contributed by atoms with Gasteiger partial charge >= 0.3 is 5.97 Å². The fourth-order valence-electron chi connectivity index (χ4n) is 2.24. The van der Waals surface area contributed by atoms with Crippen molar-refractivity contribution in [2.45, 2.75) is 25.7 Å². The lowest BCUT2D eigenvalue weighted by molar-refractivity contribution is -0.144. The van der Waals surface area contributed by atoms with Crippen LogP contribution in [0.15, 0.2) is 0 Å². The molecule has 1 saturated heterocycles. The number of aliphatic carboxylic acids is 1. The molecule has 1 heterocycles. The van der Waals surface area contributed by atoms with Gasteiger partial charge in [0.15, 0.2) is 9.84 Å². The van der Waals surface area contributed by atoms with Gasteiger partial charge in [-0.2, -0.15) is 0 Å². The maximum atomic E-state index is 11.2. The third-order valence-corrected chi connectivity index (χ3v) is 5.15. The van der Waals surface area contributed by atoms with E-state index in [0.29, 0.717) is 12.8 Å². The summed E-state index contributed by atoms with van der Waals surface area (Å²) >= 11 is 0. The molecule has 0 aromatic heterocycles. The molecule has 0 spiro atoms. The van der Waals surface area contributed by atoms with Crippen molar-refractivity contribution < 1.29 is 18.3 Å². The largest absolute Gasteiger partial charge is 0.481 e. The summed E-state index contributed by atoms with van der Waals surface area (Å²) in [6.07, 6.45) is 2.65. The lowest BCUT2D eigenvalue weighted by Crippen LogP contribution is -2.19. The highest BCUT2D eigenvalue weighted by Gasteiger charge is 2.52. The maximum Gasteiger partial charge on any atom is 0.309 e. The summed E-state index contributed by atoms with van der Waals surface area (Å²) in [5.74, 6) is -0.226. The van der Waals surface area contributed by atoms with Crippen molar-refractivity contribution >= 4 is 15.8 Å². The Labute approximate surface area is 83.2 Å². The van der Waals surface area contributed by atoms with Crippen LogP contribution in [-0.4, -0.2) is 31.0 Å². The summed E-state index contributed by atoms with van der Waals surface area (Å²) in [6.45, 7) is 0. The van der Waals surface area contributed by atoms with Crippen molar-refractivity contribution in [2.75, 3.05) is 11.5 Å². The van der Waals surface area contributed by atoms with Gasteiger partial charge in [0.1, 0.15) is 0 Å². The molecule has 0 radical (unpaired) electrons. The molecule has 1 N–H and O–H groups in total. The summed E-state index contributed by atoms with van der Waals surface area (Å²) in [5.41, 5.74) is -0.565. The van der Waals surface area contributed by atoms with Crippen LogP contribution in [0, 0.1) is 11.3 Å².